The van der Waals surface area contributed by atoms with Crippen molar-refractivity contribution in [2.75, 3.05) is 13.7 Å². The van der Waals surface area contributed by atoms with Gasteiger partial charge in [0.1, 0.15) is 11.6 Å². The number of aliphatic hydroxyl groups excluding tert-OH is 1. The fourth-order valence-corrected chi connectivity index (χ4v) is 2.07. The number of hydrogen-bond acceptors (Lipinski definition) is 3. The molecule has 1 aromatic carbocycles. The molecule has 17 heavy (non-hydrogen) atoms. The summed E-state index contributed by atoms with van der Waals surface area (Å²) in [7, 11) is 1.66. The lowest BCUT2D eigenvalue weighted by molar-refractivity contribution is 0.287. The Morgan fingerprint density at radius 1 is 1.41 bits per heavy atom. The van der Waals surface area contributed by atoms with Gasteiger partial charge in [0.2, 0.25) is 0 Å². The van der Waals surface area contributed by atoms with Crippen molar-refractivity contribution in [3.8, 4) is 5.75 Å². The summed E-state index contributed by atoms with van der Waals surface area (Å²) < 4.78 is 7.38. The zero-order valence-electron chi connectivity index (χ0n) is 10.3. The van der Waals surface area contributed by atoms with Crippen LogP contribution < -0.4 is 4.74 Å². The molecule has 1 N–H and O–H groups in total. The van der Waals surface area contributed by atoms with Crippen LogP contribution in [0.25, 0.3) is 11.0 Å². The van der Waals surface area contributed by atoms with Crippen LogP contribution in [-0.2, 0) is 13.0 Å². The molecule has 4 heteroatoms. The smallest absolute Gasteiger partial charge is 0.121 e. The number of rotatable bonds is 5. The highest BCUT2D eigenvalue weighted by Gasteiger charge is 2.09. The Kier molecular flexibility index (Phi) is 3.64. The topological polar surface area (TPSA) is 47.3 Å². The van der Waals surface area contributed by atoms with Crippen LogP contribution in [0.15, 0.2) is 18.2 Å². The number of imidazole rings is 1. The van der Waals surface area contributed by atoms with Crippen LogP contribution in [0.4, 0.5) is 0 Å². The van der Waals surface area contributed by atoms with Crippen molar-refractivity contribution < 1.29 is 9.84 Å². The van der Waals surface area contributed by atoms with Crippen LogP contribution >= 0.6 is 0 Å². The lowest BCUT2D eigenvalue weighted by Crippen LogP contribution is -2.02. The van der Waals surface area contributed by atoms with Gasteiger partial charge in [-0.15, -0.1) is 0 Å². The van der Waals surface area contributed by atoms with E-state index in [4.69, 9.17) is 9.84 Å². The highest BCUT2D eigenvalue weighted by Crippen LogP contribution is 2.22. The third-order valence-electron chi connectivity index (χ3n) is 2.91. The van der Waals surface area contributed by atoms with Crippen molar-refractivity contribution in [1.82, 2.24) is 9.55 Å². The Labute approximate surface area is 101 Å². The van der Waals surface area contributed by atoms with E-state index in [1.165, 1.54) is 0 Å². The first-order chi connectivity index (χ1) is 8.30. The molecule has 0 aliphatic carbocycles. The second kappa shape index (κ2) is 5.19. The van der Waals surface area contributed by atoms with E-state index in [1.54, 1.807) is 7.11 Å². The molecule has 0 aliphatic heterocycles. The average Bonchev–Trinajstić information content (AvgIpc) is 2.72. The van der Waals surface area contributed by atoms with Gasteiger partial charge in [-0.3, -0.25) is 0 Å². The molecule has 92 valence electrons. The number of fused-ring (bicyclic) bond motifs is 1. The van der Waals surface area contributed by atoms with Gasteiger partial charge < -0.3 is 14.4 Å². The van der Waals surface area contributed by atoms with Crippen LogP contribution in [0.2, 0.25) is 0 Å². The predicted molar refractivity (Wildman–Crippen MR) is 67.4 cm³/mol. The van der Waals surface area contributed by atoms with Gasteiger partial charge in [-0.05, 0) is 25.5 Å². The predicted octanol–water partition coefficient (Wildman–Crippen LogP) is 1.99. The van der Waals surface area contributed by atoms with E-state index in [1.807, 2.05) is 18.2 Å². The van der Waals surface area contributed by atoms with Crippen molar-refractivity contribution in [2.24, 2.45) is 0 Å². The molecule has 4 nitrogen and oxygen atoms in total. The Morgan fingerprint density at radius 2 is 2.24 bits per heavy atom. The molecule has 1 aromatic heterocycles. The average molecular weight is 234 g/mol. The first kappa shape index (κ1) is 11.9. The quantitative estimate of drug-likeness (QED) is 0.860. The molecule has 0 aliphatic rings. The van der Waals surface area contributed by atoms with E-state index < -0.39 is 0 Å². The van der Waals surface area contributed by atoms with Gasteiger partial charge in [-0.1, -0.05) is 0 Å². The second-order valence-electron chi connectivity index (χ2n) is 3.95. The summed E-state index contributed by atoms with van der Waals surface area (Å²) in [4.78, 5) is 4.60. The van der Waals surface area contributed by atoms with E-state index in [2.05, 4.69) is 16.5 Å². The molecule has 0 unspecified atom stereocenters. The van der Waals surface area contributed by atoms with E-state index in [0.29, 0.717) is 0 Å². The van der Waals surface area contributed by atoms with Crippen molar-refractivity contribution in [3.63, 3.8) is 0 Å². The van der Waals surface area contributed by atoms with E-state index >= 15 is 0 Å². The maximum atomic E-state index is 8.89. The minimum absolute atomic E-state index is 0.205. The lowest BCUT2D eigenvalue weighted by atomic mass is 10.3. The zero-order valence-corrected chi connectivity index (χ0v) is 10.3. The SMILES string of the molecule is CCn1c(CCCO)nc2cc(OC)ccc21. The molecule has 0 fully saturated rings. The number of benzene rings is 1. The molecule has 2 rings (SSSR count). The number of aliphatic hydroxyl groups is 1. The molecule has 0 bridgehead atoms. The molecule has 0 spiro atoms. The minimum atomic E-state index is 0.205. The van der Waals surface area contributed by atoms with E-state index in [0.717, 1.165) is 42.0 Å². The Bertz CT molecular complexity index is 505. The minimum Gasteiger partial charge on any atom is -0.497 e. The maximum absolute atomic E-state index is 8.89. The van der Waals surface area contributed by atoms with E-state index in [-0.39, 0.29) is 6.61 Å². The van der Waals surface area contributed by atoms with Crippen LogP contribution in [0.5, 0.6) is 5.75 Å². The summed E-state index contributed by atoms with van der Waals surface area (Å²) in [5.41, 5.74) is 2.08. The molecular formula is C13H18N2O2. The largest absolute Gasteiger partial charge is 0.497 e. The monoisotopic (exact) mass is 234 g/mol. The molecule has 0 atom stereocenters. The molecule has 0 radical (unpaired) electrons. The molecule has 1 heterocycles. The number of hydrogen-bond donors (Lipinski definition) is 1. The van der Waals surface area contributed by atoms with Gasteiger partial charge in [0.05, 0.1) is 18.1 Å². The molecular weight excluding hydrogens is 216 g/mol. The van der Waals surface area contributed by atoms with Crippen molar-refractivity contribution in [2.45, 2.75) is 26.3 Å². The highest BCUT2D eigenvalue weighted by molar-refractivity contribution is 5.77. The first-order valence-corrected chi connectivity index (χ1v) is 5.94. The Morgan fingerprint density at radius 3 is 2.88 bits per heavy atom. The zero-order chi connectivity index (χ0) is 12.3. The highest BCUT2D eigenvalue weighted by atomic mass is 16.5. The first-order valence-electron chi connectivity index (χ1n) is 5.94. The number of aryl methyl sites for hydroxylation is 2. The van der Waals surface area contributed by atoms with Gasteiger partial charge in [0, 0.05) is 25.6 Å². The van der Waals surface area contributed by atoms with Crippen molar-refractivity contribution in [3.05, 3.63) is 24.0 Å². The van der Waals surface area contributed by atoms with Crippen molar-refractivity contribution in [1.29, 1.82) is 0 Å². The third kappa shape index (κ3) is 2.26. The van der Waals surface area contributed by atoms with Gasteiger partial charge in [0.25, 0.3) is 0 Å². The fourth-order valence-electron chi connectivity index (χ4n) is 2.07. The van der Waals surface area contributed by atoms with Crippen molar-refractivity contribution >= 4 is 11.0 Å². The number of nitrogens with zero attached hydrogens (tertiary/aromatic N) is 2. The summed E-state index contributed by atoms with van der Waals surface area (Å²) in [5, 5.41) is 8.89. The summed E-state index contributed by atoms with van der Waals surface area (Å²) in [6.07, 6.45) is 1.56. The summed E-state index contributed by atoms with van der Waals surface area (Å²) in [6.45, 7) is 3.20. The summed E-state index contributed by atoms with van der Waals surface area (Å²) >= 11 is 0. The standard InChI is InChI=1S/C13H18N2O2/c1-3-15-12-7-6-10(17-2)9-11(12)14-13(15)5-4-8-16/h6-7,9,16H,3-5,8H2,1-2H3. The lowest BCUT2D eigenvalue weighted by Gasteiger charge is -2.05. The molecule has 0 amide bonds. The van der Waals surface area contributed by atoms with Crippen LogP contribution in [0, 0.1) is 0 Å². The molecule has 0 saturated heterocycles. The summed E-state index contributed by atoms with van der Waals surface area (Å²) in [5.74, 6) is 1.86. The van der Waals surface area contributed by atoms with Gasteiger partial charge in [-0.25, -0.2) is 4.98 Å². The van der Waals surface area contributed by atoms with Crippen LogP contribution in [-0.4, -0.2) is 28.4 Å². The number of ether oxygens (including phenoxy) is 1. The third-order valence-corrected chi connectivity index (χ3v) is 2.91. The fraction of sp³-hybridized carbons (Fsp3) is 0.462. The second-order valence-corrected chi connectivity index (χ2v) is 3.95. The normalized spacial score (nSPS) is 11.0. The summed E-state index contributed by atoms with van der Waals surface area (Å²) in [6, 6.07) is 5.93. The van der Waals surface area contributed by atoms with Crippen LogP contribution in [0.3, 0.4) is 0 Å². The van der Waals surface area contributed by atoms with Gasteiger partial charge in [-0.2, -0.15) is 0 Å². The van der Waals surface area contributed by atoms with Crippen LogP contribution in [0.1, 0.15) is 19.2 Å². The number of aromatic nitrogens is 2. The van der Waals surface area contributed by atoms with E-state index in [9.17, 15) is 0 Å². The molecule has 0 saturated carbocycles. The van der Waals surface area contributed by atoms with Gasteiger partial charge in [0.15, 0.2) is 0 Å². The Balaban J connectivity index is 2.46. The molecule has 2 aromatic rings. The number of methoxy groups -OCH3 is 1. The Hall–Kier alpha value is -1.55. The van der Waals surface area contributed by atoms with Gasteiger partial charge >= 0.3 is 0 Å². The maximum Gasteiger partial charge on any atom is 0.121 e.